The predicted molar refractivity (Wildman–Crippen MR) is 119 cm³/mol. The van der Waals surface area contributed by atoms with Crippen molar-refractivity contribution in [3.8, 4) is 23.1 Å². The summed E-state index contributed by atoms with van der Waals surface area (Å²) in [5, 5.41) is 0. The lowest BCUT2D eigenvalue weighted by Gasteiger charge is -2.11. The zero-order valence-electron chi connectivity index (χ0n) is 18.4. The van der Waals surface area contributed by atoms with E-state index in [-0.39, 0.29) is 34.7 Å². The summed E-state index contributed by atoms with van der Waals surface area (Å²) in [6.07, 6.45) is 2.80. The molecule has 2 heterocycles. The molecule has 0 aliphatic rings. The summed E-state index contributed by atoms with van der Waals surface area (Å²) < 4.78 is 46.3. The van der Waals surface area contributed by atoms with Crippen molar-refractivity contribution in [3.05, 3.63) is 63.6 Å². The summed E-state index contributed by atoms with van der Waals surface area (Å²) >= 11 is 0. The molecular weight excluding hydrogens is 435 g/mol. The number of benzene rings is 1. The van der Waals surface area contributed by atoms with Gasteiger partial charge in [0.1, 0.15) is 5.75 Å². The monoisotopic (exact) mass is 460 g/mol. The summed E-state index contributed by atoms with van der Waals surface area (Å²) in [6, 6.07) is 5.85. The third-order valence-electron chi connectivity index (χ3n) is 4.80. The zero-order valence-corrected chi connectivity index (χ0v) is 19.2. The molecule has 0 aliphatic carbocycles. The summed E-state index contributed by atoms with van der Waals surface area (Å²) in [6.45, 7) is 5.23. The van der Waals surface area contributed by atoms with E-state index >= 15 is 0 Å². The highest BCUT2D eigenvalue weighted by atomic mass is 32.2. The lowest BCUT2D eigenvalue weighted by atomic mass is 10.2. The van der Waals surface area contributed by atoms with Gasteiger partial charge in [-0.25, -0.2) is 17.8 Å². The molecule has 0 N–H and O–H groups in total. The maximum absolute atomic E-state index is 14.3. The Morgan fingerprint density at radius 1 is 1.12 bits per heavy atom. The number of hydrogen-bond donors (Lipinski definition) is 0. The van der Waals surface area contributed by atoms with Crippen LogP contribution in [-0.4, -0.2) is 33.7 Å². The molecule has 2 aromatic heterocycles. The number of sulfone groups is 1. The van der Waals surface area contributed by atoms with Crippen molar-refractivity contribution in [2.75, 3.05) is 5.75 Å². The Bertz CT molecular complexity index is 1260. The number of hydrogen-bond acceptors (Lipinski definition) is 7. The Kier molecular flexibility index (Phi) is 7.02. The van der Waals surface area contributed by atoms with E-state index in [1.807, 2.05) is 6.92 Å². The van der Waals surface area contributed by atoms with Crippen LogP contribution in [0.4, 0.5) is 4.39 Å². The molecule has 0 bridgehead atoms. The third kappa shape index (κ3) is 5.56. The molecule has 8 nitrogen and oxygen atoms in total. The normalized spacial score (nSPS) is 11.5. The average Bonchev–Trinajstić information content (AvgIpc) is 2.72. The molecule has 32 heavy (non-hydrogen) atoms. The van der Waals surface area contributed by atoms with Gasteiger partial charge in [0.15, 0.2) is 33.1 Å². The van der Waals surface area contributed by atoms with Gasteiger partial charge in [0, 0.05) is 24.4 Å². The predicted octanol–water partition coefficient (Wildman–Crippen LogP) is 3.50. The van der Waals surface area contributed by atoms with Gasteiger partial charge in [0.05, 0.1) is 5.75 Å². The molecule has 3 aromatic rings. The Balaban J connectivity index is 2.10. The van der Waals surface area contributed by atoms with E-state index in [9.17, 15) is 17.6 Å². The van der Waals surface area contributed by atoms with Gasteiger partial charge in [-0.15, -0.1) is 0 Å². The molecule has 0 amide bonds. The molecule has 0 spiro atoms. The van der Waals surface area contributed by atoms with Crippen LogP contribution >= 0.6 is 0 Å². The van der Waals surface area contributed by atoms with Crippen LogP contribution in [0, 0.1) is 19.7 Å². The van der Waals surface area contributed by atoms with Crippen LogP contribution in [0.15, 0.2) is 35.3 Å². The van der Waals surface area contributed by atoms with Crippen molar-refractivity contribution in [1.29, 1.82) is 0 Å². The fourth-order valence-electron chi connectivity index (χ4n) is 3.11. The van der Waals surface area contributed by atoms with Crippen molar-refractivity contribution in [3.63, 3.8) is 0 Å². The second-order valence-electron chi connectivity index (χ2n) is 7.62. The first-order chi connectivity index (χ1) is 15.1. The number of unbranched alkanes of at least 4 members (excludes halogenated alkanes) is 1. The molecule has 0 fully saturated rings. The van der Waals surface area contributed by atoms with Gasteiger partial charge in [-0.3, -0.25) is 4.79 Å². The quantitative estimate of drug-likeness (QED) is 0.507. The number of rotatable bonds is 8. The molecule has 170 valence electrons. The number of nitrogens with zero attached hydrogens (tertiary/aromatic N) is 4. The average molecular weight is 461 g/mol. The van der Waals surface area contributed by atoms with Gasteiger partial charge in [-0.2, -0.15) is 9.97 Å². The van der Waals surface area contributed by atoms with Gasteiger partial charge < -0.3 is 9.30 Å². The number of pyridine rings is 1. The molecule has 3 rings (SSSR count). The van der Waals surface area contributed by atoms with E-state index in [1.54, 1.807) is 39.1 Å². The topological polar surface area (TPSA) is 104 Å². The molecular formula is C22H25FN4O4S. The van der Waals surface area contributed by atoms with Crippen molar-refractivity contribution in [1.82, 2.24) is 19.5 Å². The minimum absolute atomic E-state index is 0.00603. The molecule has 0 saturated carbocycles. The van der Waals surface area contributed by atoms with Crippen molar-refractivity contribution in [2.24, 2.45) is 7.05 Å². The molecule has 0 radical (unpaired) electrons. The maximum atomic E-state index is 14.3. The maximum Gasteiger partial charge on any atom is 0.325 e. The van der Waals surface area contributed by atoms with Crippen LogP contribution in [0.3, 0.4) is 0 Å². The molecule has 0 saturated heterocycles. The first-order valence-corrected chi connectivity index (χ1v) is 12.0. The molecule has 10 heteroatoms. The number of halogens is 1. The lowest BCUT2D eigenvalue weighted by molar-refractivity contribution is 0.405. The highest BCUT2D eigenvalue weighted by Crippen LogP contribution is 2.27. The van der Waals surface area contributed by atoms with Crippen molar-refractivity contribution in [2.45, 2.75) is 39.4 Å². The number of ether oxygens (including phenoxy) is 1. The van der Waals surface area contributed by atoms with E-state index < -0.39 is 21.4 Å². The van der Waals surface area contributed by atoms with E-state index in [1.165, 1.54) is 16.8 Å². The molecule has 0 unspecified atom stereocenters. The van der Waals surface area contributed by atoms with Crippen LogP contribution < -0.4 is 10.3 Å². The molecule has 0 atom stereocenters. The summed E-state index contributed by atoms with van der Waals surface area (Å²) in [5.74, 6) is -0.931. The van der Waals surface area contributed by atoms with E-state index in [4.69, 9.17) is 4.74 Å². The molecule has 0 aliphatic heterocycles. The Labute approximate surface area is 186 Å². The van der Waals surface area contributed by atoms with E-state index in [0.29, 0.717) is 23.1 Å². The van der Waals surface area contributed by atoms with Gasteiger partial charge in [-0.05, 0) is 38.0 Å². The van der Waals surface area contributed by atoms with Gasteiger partial charge >= 0.3 is 6.01 Å². The highest BCUT2D eigenvalue weighted by Gasteiger charge is 2.19. The summed E-state index contributed by atoms with van der Waals surface area (Å²) in [4.78, 5) is 24.8. The smallest absolute Gasteiger partial charge is 0.325 e. The third-order valence-corrected chi connectivity index (χ3v) is 6.41. The van der Waals surface area contributed by atoms with Crippen LogP contribution in [0.2, 0.25) is 0 Å². The fourth-order valence-corrected chi connectivity index (χ4v) is 4.50. The molecule has 1 aromatic carbocycles. The highest BCUT2D eigenvalue weighted by molar-refractivity contribution is 7.90. The number of para-hydroxylation sites is 1. The second-order valence-corrected chi connectivity index (χ2v) is 9.80. The van der Waals surface area contributed by atoms with E-state index in [2.05, 4.69) is 15.0 Å². The van der Waals surface area contributed by atoms with Crippen LogP contribution in [0.1, 0.15) is 36.7 Å². The van der Waals surface area contributed by atoms with E-state index in [0.717, 1.165) is 6.42 Å². The van der Waals surface area contributed by atoms with Crippen LogP contribution in [0.25, 0.3) is 11.4 Å². The standard InChI is InChI=1S/C22H25FN4O4S/c1-5-6-10-32(29,30)13-18-24-20(16-11-15(3)21(28)27(4)12-16)26-22(25-18)31-19-14(2)8-7-9-17(19)23/h7-9,11-12H,5-6,10,13H2,1-4H3. The van der Waals surface area contributed by atoms with Crippen LogP contribution in [0.5, 0.6) is 11.8 Å². The lowest BCUT2D eigenvalue weighted by Crippen LogP contribution is -2.19. The zero-order chi connectivity index (χ0) is 23.5. The van der Waals surface area contributed by atoms with Gasteiger partial charge in [-0.1, -0.05) is 25.5 Å². The Hall–Kier alpha value is -3.14. The SMILES string of the molecule is CCCCS(=O)(=O)Cc1nc(Oc2c(C)cccc2F)nc(-c2cc(C)c(=O)n(C)c2)n1. The second kappa shape index (κ2) is 9.56. The van der Waals surface area contributed by atoms with Crippen molar-refractivity contribution < 1.29 is 17.5 Å². The number of aryl methyl sites for hydroxylation is 3. The van der Waals surface area contributed by atoms with Gasteiger partial charge in [0.25, 0.3) is 5.56 Å². The first-order valence-electron chi connectivity index (χ1n) is 10.2. The largest absolute Gasteiger partial charge is 0.421 e. The summed E-state index contributed by atoms with van der Waals surface area (Å²) in [5.41, 5.74) is 1.30. The Morgan fingerprint density at radius 2 is 1.88 bits per heavy atom. The van der Waals surface area contributed by atoms with Crippen LogP contribution in [-0.2, 0) is 22.6 Å². The first kappa shape index (κ1) is 23.5. The minimum Gasteiger partial charge on any atom is -0.421 e. The van der Waals surface area contributed by atoms with Crippen molar-refractivity contribution >= 4 is 9.84 Å². The minimum atomic E-state index is -3.46. The Morgan fingerprint density at radius 3 is 2.53 bits per heavy atom. The number of aromatic nitrogens is 4. The fraction of sp³-hybridized carbons (Fsp3) is 0.364. The van der Waals surface area contributed by atoms with Gasteiger partial charge in [0.2, 0.25) is 0 Å². The summed E-state index contributed by atoms with van der Waals surface area (Å²) in [7, 11) is -1.87.